The maximum absolute atomic E-state index is 11.7. The Hall–Kier alpha value is -1.07. The highest BCUT2D eigenvalue weighted by molar-refractivity contribution is 8.23. The molecule has 0 atom stereocenters. The van der Waals surface area contributed by atoms with E-state index in [-0.39, 0.29) is 5.78 Å². The highest BCUT2D eigenvalue weighted by atomic mass is 32.2. The Morgan fingerprint density at radius 3 is 2.56 bits per heavy atom. The van der Waals surface area contributed by atoms with E-state index in [0.29, 0.717) is 23.2 Å². The first-order chi connectivity index (χ1) is 8.65. The fourth-order valence-corrected chi connectivity index (χ4v) is 2.20. The van der Waals surface area contributed by atoms with Crippen molar-refractivity contribution in [2.45, 2.75) is 13.3 Å². The number of rotatable bonds is 6. The van der Waals surface area contributed by atoms with Gasteiger partial charge in [-0.25, -0.2) is 0 Å². The van der Waals surface area contributed by atoms with Crippen molar-refractivity contribution in [3.63, 3.8) is 0 Å². The molecule has 0 aliphatic rings. The van der Waals surface area contributed by atoms with Crippen LogP contribution in [0.15, 0.2) is 24.3 Å². The lowest BCUT2D eigenvalue weighted by atomic mass is 10.1. The highest BCUT2D eigenvalue weighted by Gasteiger charge is 2.07. The highest BCUT2D eigenvalue weighted by Crippen LogP contribution is 2.13. The summed E-state index contributed by atoms with van der Waals surface area (Å²) >= 11 is 6.21. The Balaban J connectivity index is 2.37. The van der Waals surface area contributed by atoms with Gasteiger partial charge in [0.25, 0.3) is 0 Å². The van der Waals surface area contributed by atoms with Crippen molar-refractivity contribution in [3.8, 4) is 5.75 Å². The standard InChI is InChI=1S/C13H16O3S2/c1-3-16-13(17)18-9-11(14)8-10-4-6-12(15-2)7-5-10/h4-7H,3,8-9H2,1-2H3. The normalized spacial score (nSPS) is 9.89. The number of thiocarbonyl (C=S) groups is 1. The van der Waals surface area contributed by atoms with Crippen LogP contribution in [0.2, 0.25) is 0 Å². The van der Waals surface area contributed by atoms with E-state index in [9.17, 15) is 4.79 Å². The molecule has 0 aromatic heterocycles. The zero-order valence-corrected chi connectivity index (χ0v) is 12.1. The number of benzene rings is 1. The SMILES string of the molecule is CCOC(=S)SCC(=O)Cc1ccc(OC)cc1. The molecule has 0 heterocycles. The molecule has 0 radical (unpaired) electrons. The van der Waals surface area contributed by atoms with E-state index in [0.717, 1.165) is 11.3 Å². The van der Waals surface area contributed by atoms with Gasteiger partial charge in [0.15, 0.2) is 0 Å². The molecule has 0 spiro atoms. The number of carbonyl (C=O) groups excluding carboxylic acids is 1. The quantitative estimate of drug-likeness (QED) is 0.751. The molecule has 0 N–H and O–H groups in total. The Morgan fingerprint density at radius 2 is 2.00 bits per heavy atom. The first-order valence-corrected chi connectivity index (χ1v) is 6.99. The molecule has 5 heteroatoms. The monoisotopic (exact) mass is 284 g/mol. The van der Waals surface area contributed by atoms with Crippen molar-refractivity contribution in [1.82, 2.24) is 0 Å². The largest absolute Gasteiger partial charge is 0.497 e. The molecule has 0 aliphatic heterocycles. The predicted molar refractivity (Wildman–Crippen MR) is 78.4 cm³/mol. The summed E-state index contributed by atoms with van der Waals surface area (Å²) in [4.78, 5) is 11.7. The van der Waals surface area contributed by atoms with Crippen molar-refractivity contribution >= 4 is 34.1 Å². The third-order valence-electron chi connectivity index (χ3n) is 2.17. The number of hydrogen-bond donors (Lipinski definition) is 0. The molecule has 0 bridgehead atoms. The Kier molecular flexibility index (Phi) is 6.75. The fraction of sp³-hybridized carbons (Fsp3) is 0.385. The van der Waals surface area contributed by atoms with E-state index in [2.05, 4.69) is 0 Å². The van der Waals surface area contributed by atoms with Crippen LogP contribution in [-0.2, 0) is 16.0 Å². The van der Waals surface area contributed by atoms with Crippen LogP contribution in [0.5, 0.6) is 5.75 Å². The molecule has 1 rings (SSSR count). The van der Waals surface area contributed by atoms with Crippen LogP contribution in [-0.4, -0.2) is 29.6 Å². The van der Waals surface area contributed by atoms with Gasteiger partial charge < -0.3 is 9.47 Å². The average Bonchev–Trinajstić information content (AvgIpc) is 2.38. The molecule has 98 valence electrons. The van der Waals surface area contributed by atoms with Crippen LogP contribution in [0.1, 0.15) is 12.5 Å². The molecule has 0 aliphatic carbocycles. The van der Waals surface area contributed by atoms with Crippen LogP contribution in [0, 0.1) is 0 Å². The summed E-state index contributed by atoms with van der Waals surface area (Å²) in [6.45, 7) is 2.41. The zero-order chi connectivity index (χ0) is 13.4. The first-order valence-electron chi connectivity index (χ1n) is 5.60. The lowest BCUT2D eigenvalue weighted by Gasteiger charge is -2.04. The summed E-state index contributed by atoms with van der Waals surface area (Å²) in [6.07, 6.45) is 0.408. The van der Waals surface area contributed by atoms with Crippen LogP contribution in [0.3, 0.4) is 0 Å². The van der Waals surface area contributed by atoms with Crippen molar-refractivity contribution < 1.29 is 14.3 Å². The van der Waals surface area contributed by atoms with Gasteiger partial charge in [-0.2, -0.15) is 0 Å². The van der Waals surface area contributed by atoms with Gasteiger partial charge in [-0.15, -0.1) is 0 Å². The first kappa shape index (κ1) is 15.0. The van der Waals surface area contributed by atoms with Crippen LogP contribution < -0.4 is 4.74 Å². The second-order valence-electron chi connectivity index (χ2n) is 3.54. The minimum atomic E-state index is 0.132. The van der Waals surface area contributed by atoms with Gasteiger partial charge in [-0.05, 0) is 36.8 Å². The Bertz CT molecular complexity index is 401. The molecule has 0 saturated heterocycles. The molecule has 1 aromatic carbocycles. The Labute approximate surface area is 117 Å². The van der Waals surface area contributed by atoms with E-state index in [4.69, 9.17) is 21.7 Å². The van der Waals surface area contributed by atoms with Crippen LogP contribution in [0.4, 0.5) is 0 Å². The van der Waals surface area contributed by atoms with E-state index in [1.807, 2.05) is 31.2 Å². The third kappa shape index (κ3) is 5.51. The maximum atomic E-state index is 11.7. The minimum absolute atomic E-state index is 0.132. The average molecular weight is 284 g/mol. The van der Waals surface area contributed by atoms with E-state index >= 15 is 0 Å². The number of ketones is 1. The van der Waals surface area contributed by atoms with Crippen molar-refractivity contribution in [1.29, 1.82) is 0 Å². The van der Waals surface area contributed by atoms with Gasteiger partial charge in [0, 0.05) is 6.42 Å². The number of carbonyl (C=O) groups is 1. The van der Waals surface area contributed by atoms with Crippen molar-refractivity contribution in [2.75, 3.05) is 19.5 Å². The molecule has 0 saturated carbocycles. The van der Waals surface area contributed by atoms with E-state index < -0.39 is 0 Å². The summed E-state index contributed by atoms with van der Waals surface area (Å²) in [5.41, 5.74) is 0.976. The number of ether oxygens (including phenoxy) is 2. The number of methoxy groups -OCH3 is 1. The van der Waals surface area contributed by atoms with Gasteiger partial charge in [0.2, 0.25) is 4.38 Å². The second-order valence-corrected chi connectivity index (χ2v) is 5.11. The second kappa shape index (κ2) is 8.11. The smallest absolute Gasteiger partial charge is 0.220 e. The third-order valence-corrected chi connectivity index (χ3v) is 3.46. The van der Waals surface area contributed by atoms with Crippen LogP contribution in [0.25, 0.3) is 0 Å². The van der Waals surface area contributed by atoms with Crippen molar-refractivity contribution in [2.24, 2.45) is 0 Å². The topological polar surface area (TPSA) is 35.5 Å². The minimum Gasteiger partial charge on any atom is -0.497 e. The van der Waals surface area contributed by atoms with E-state index in [1.54, 1.807) is 7.11 Å². The molecular weight excluding hydrogens is 268 g/mol. The zero-order valence-electron chi connectivity index (χ0n) is 10.5. The summed E-state index contributed by atoms with van der Waals surface area (Å²) in [5.74, 6) is 1.27. The Morgan fingerprint density at radius 1 is 1.33 bits per heavy atom. The lowest BCUT2D eigenvalue weighted by Crippen LogP contribution is -2.08. The van der Waals surface area contributed by atoms with Gasteiger partial charge in [0.1, 0.15) is 11.5 Å². The summed E-state index contributed by atoms with van der Waals surface area (Å²) in [7, 11) is 1.62. The molecule has 3 nitrogen and oxygen atoms in total. The molecule has 0 unspecified atom stereocenters. The molecule has 0 fully saturated rings. The van der Waals surface area contributed by atoms with Gasteiger partial charge in [-0.1, -0.05) is 23.9 Å². The van der Waals surface area contributed by atoms with Gasteiger partial charge in [-0.3, -0.25) is 4.79 Å². The summed E-state index contributed by atoms with van der Waals surface area (Å²) < 4.78 is 10.6. The lowest BCUT2D eigenvalue weighted by molar-refractivity contribution is -0.115. The number of hydrogen-bond acceptors (Lipinski definition) is 5. The molecular formula is C13H16O3S2. The van der Waals surface area contributed by atoms with Crippen LogP contribution >= 0.6 is 24.0 Å². The molecule has 1 aromatic rings. The van der Waals surface area contributed by atoms with Gasteiger partial charge in [0.05, 0.1) is 19.5 Å². The van der Waals surface area contributed by atoms with Crippen molar-refractivity contribution in [3.05, 3.63) is 29.8 Å². The fourth-order valence-electron chi connectivity index (χ4n) is 1.32. The molecule has 0 amide bonds. The van der Waals surface area contributed by atoms with E-state index in [1.165, 1.54) is 11.8 Å². The van der Waals surface area contributed by atoms with Gasteiger partial charge >= 0.3 is 0 Å². The number of thioether (sulfide) groups is 1. The predicted octanol–water partition coefficient (Wildman–Crippen LogP) is 2.86. The summed E-state index contributed by atoms with van der Waals surface area (Å²) in [5, 5.41) is 0. The maximum Gasteiger partial charge on any atom is 0.220 e. The number of Topliss-reactive ketones (excluding diaryl/α,β-unsaturated/α-hetero) is 1. The molecule has 18 heavy (non-hydrogen) atoms. The summed E-state index contributed by atoms with van der Waals surface area (Å²) in [6, 6.07) is 7.48.